The van der Waals surface area contributed by atoms with Crippen molar-refractivity contribution in [2.24, 2.45) is 18.7 Å². The van der Waals surface area contributed by atoms with Gasteiger partial charge in [0.25, 0.3) is 0 Å². The molecule has 1 heterocycles. The Morgan fingerprint density at radius 3 is 2.89 bits per heavy atom. The molecule has 0 aliphatic carbocycles. The highest BCUT2D eigenvalue weighted by Crippen LogP contribution is 2.21. The summed E-state index contributed by atoms with van der Waals surface area (Å²) in [5.74, 6) is 1.77. The van der Waals surface area contributed by atoms with Gasteiger partial charge in [0.1, 0.15) is 5.82 Å². The molecule has 0 radical (unpaired) electrons. The molecule has 2 N–H and O–H groups in total. The van der Waals surface area contributed by atoms with Gasteiger partial charge in [0.15, 0.2) is 0 Å². The first kappa shape index (κ1) is 13.4. The summed E-state index contributed by atoms with van der Waals surface area (Å²) in [5, 5.41) is 0.758. The molecule has 2 aromatic rings. The summed E-state index contributed by atoms with van der Waals surface area (Å²) in [6.45, 7) is 3.01. The number of fused-ring (bicyclic) bond motifs is 1. The van der Waals surface area contributed by atoms with Crippen LogP contribution in [0.15, 0.2) is 18.2 Å². The van der Waals surface area contributed by atoms with Gasteiger partial charge in [-0.25, -0.2) is 4.98 Å². The quantitative estimate of drug-likeness (QED) is 0.903. The zero-order chi connectivity index (χ0) is 13.1. The van der Waals surface area contributed by atoms with Crippen molar-refractivity contribution in [3.05, 3.63) is 29.0 Å². The maximum absolute atomic E-state index is 6.01. The van der Waals surface area contributed by atoms with E-state index in [1.54, 1.807) is 0 Å². The summed E-state index contributed by atoms with van der Waals surface area (Å²) in [4.78, 5) is 4.66. The molecule has 1 unspecified atom stereocenters. The Labute approximate surface area is 113 Å². The Morgan fingerprint density at radius 2 is 2.17 bits per heavy atom. The van der Waals surface area contributed by atoms with Crippen molar-refractivity contribution in [1.29, 1.82) is 0 Å². The fourth-order valence-corrected chi connectivity index (χ4v) is 2.41. The van der Waals surface area contributed by atoms with Crippen molar-refractivity contribution in [2.45, 2.75) is 26.2 Å². The number of nitrogens with zero attached hydrogens (tertiary/aromatic N) is 2. The van der Waals surface area contributed by atoms with Crippen molar-refractivity contribution in [2.75, 3.05) is 6.54 Å². The molecule has 3 nitrogen and oxygen atoms in total. The van der Waals surface area contributed by atoms with E-state index in [1.807, 2.05) is 18.2 Å². The Morgan fingerprint density at radius 1 is 1.39 bits per heavy atom. The van der Waals surface area contributed by atoms with Gasteiger partial charge in [0, 0.05) is 18.5 Å². The number of aryl methyl sites for hydroxylation is 2. The molecular formula is C14H20ClN3. The highest BCUT2D eigenvalue weighted by molar-refractivity contribution is 6.31. The topological polar surface area (TPSA) is 43.8 Å². The lowest BCUT2D eigenvalue weighted by Gasteiger charge is -2.09. The summed E-state index contributed by atoms with van der Waals surface area (Å²) in [5.41, 5.74) is 7.69. The van der Waals surface area contributed by atoms with Crippen LogP contribution in [0.3, 0.4) is 0 Å². The molecule has 0 aliphatic heterocycles. The first-order chi connectivity index (χ1) is 8.61. The molecule has 2 rings (SSSR count). The average molecular weight is 266 g/mol. The summed E-state index contributed by atoms with van der Waals surface area (Å²) in [7, 11) is 2.05. The van der Waals surface area contributed by atoms with Crippen molar-refractivity contribution in [3.8, 4) is 0 Å². The fourth-order valence-electron chi connectivity index (χ4n) is 2.24. The van der Waals surface area contributed by atoms with Gasteiger partial charge in [-0.3, -0.25) is 0 Å². The van der Waals surface area contributed by atoms with E-state index >= 15 is 0 Å². The number of nitrogens with two attached hydrogens (primary N) is 1. The van der Waals surface area contributed by atoms with Crippen LogP contribution in [-0.4, -0.2) is 16.1 Å². The van der Waals surface area contributed by atoms with E-state index in [-0.39, 0.29) is 0 Å². The van der Waals surface area contributed by atoms with Crippen molar-refractivity contribution < 1.29 is 0 Å². The largest absolute Gasteiger partial charge is 0.331 e. The second-order valence-electron chi connectivity index (χ2n) is 4.94. The predicted octanol–water partition coefficient (Wildman–Crippen LogP) is 3.14. The van der Waals surface area contributed by atoms with E-state index in [0.29, 0.717) is 5.92 Å². The van der Waals surface area contributed by atoms with Crippen LogP contribution in [0.25, 0.3) is 11.0 Å². The molecule has 1 aromatic carbocycles. The number of hydrogen-bond acceptors (Lipinski definition) is 2. The second-order valence-corrected chi connectivity index (χ2v) is 5.38. The standard InChI is InChI=1S/C14H20ClN3/c1-10(7-8-16)3-6-14-17-12-5-4-11(15)9-13(12)18(14)2/h4-5,9-10H,3,6-8,16H2,1-2H3. The van der Waals surface area contributed by atoms with Crippen LogP contribution in [0.1, 0.15) is 25.6 Å². The van der Waals surface area contributed by atoms with Gasteiger partial charge in [-0.05, 0) is 43.5 Å². The van der Waals surface area contributed by atoms with Crippen LogP contribution in [0.2, 0.25) is 5.02 Å². The van der Waals surface area contributed by atoms with Crippen molar-refractivity contribution in [1.82, 2.24) is 9.55 Å². The minimum atomic E-state index is 0.651. The van der Waals surface area contributed by atoms with Crippen LogP contribution < -0.4 is 5.73 Å². The molecule has 0 saturated carbocycles. The summed E-state index contributed by atoms with van der Waals surface area (Å²) >= 11 is 6.01. The molecule has 4 heteroatoms. The second kappa shape index (κ2) is 5.72. The van der Waals surface area contributed by atoms with Crippen LogP contribution in [-0.2, 0) is 13.5 Å². The molecule has 0 aliphatic rings. The number of imidazole rings is 1. The zero-order valence-corrected chi connectivity index (χ0v) is 11.7. The number of benzene rings is 1. The van der Waals surface area contributed by atoms with Crippen molar-refractivity contribution in [3.63, 3.8) is 0 Å². The molecular weight excluding hydrogens is 246 g/mol. The Kier molecular flexibility index (Phi) is 4.25. The van der Waals surface area contributed by atoms with E-state index in [1.165, 1.54) is 0 Å². The van der Waals surface area contributed by atoms with E-state index < -0.39 is 0 Å². The maximum Gasteiger partial charge on any atom is 0.109 e. The van der Waals surface area contributed by atoms with E-state index in [2.05, 4.69) is 23.5 Å². The third-order valence-electron chi connectivity index (χ3n) is 3.46. The van der Waals surface area contributed by atoms with Crippen LogP contribution in [0, 0.1) is 5.92 Å². The lowest BCUT2D eigenvalue weighted by atomic mass is 10.0. The Hall–Kier alpha value is -1.06. The molecule has 1 atom stereocenters. The lowest BCUT2D eigenvalue weighted by molar-refractivity contribution is 0.490. The zero-order valence-electron chi connectivity index (χ0n) is 11.0. The molecule has 98 valence electrons. The van der Waals surface area contributed by atoms with Gasteiger partial charge >= 0.3 is 0 Å². The highest BCUT2D eigenvalue weighted by Gasteiger charge is 2.09. The molecule has 0 fully saturated rings. The summed E-state index contributed by atoms with van der Waals surface area (Å²) in [6.07, 6.45) is 3.20. The molecule has 0 saturated heterocycles. The predicted molar refractivity (Wildman–Crippen MR) is 76.9 cm³/mol. The van der Waals surface area contributed by atoms with Gasteiger partial charge in [0.05, 0.1) is 11.0 Å². The SMILES string of the molecule is CC(CCN)CCc1nc2ccc(Cl)cc2n1C. The van der Waals surface area contributed by atoms with Crippen molar-refractivity contribution >= 4 is 22.6 Å². The number of rotatable bonds is 5. The Bertz CT molecular complexity index is 533. The van der Waals surface area contributed by atoms with Gasteiger partial charge in [-0.1, -0.05) is 18.5 Å². The van der Waals surface area contributed by atoms with Gasteiger partial charge in [-0.2, -0.15) is 0 Å². The van der Waals surface area contributed by atoms with Gasteiger partial charge in [-0.15, -0.1) is 0 Å². The number of hydrogen-bond donors (Lipinski definition) is 1. The minimum Gasteiger partial charge on any atom is -0.331 e. The average Bonchev–Trinajstić information content (AvgIpc) is 2.64. The summed E-state index contributed by atoms with van der Waals surface area (Å²) in [6, 6.07) is 5.83. The van der Waals surface area contributed by atoms with E-state index in [4.69, 9.17) is 17.3 Å². The van der Waals surface area contributed by atoms with Crippen LogP contribution in [0.4, 0.5) is 0 Å². The third kappa shape index (κ3) is 2.85. The lowest BCUT2D eigenvalue weighted by Crippen LogP contribution is -2.08. The van der Waals surface area contributed by atoms with E-state index in [9.17, 15) is 0 Å². The Balaban J connectivity index is 2.16. The fraction of sp³-hybridized carbons (Fsp3) is 0.500. The van der Waals surface area contributed by atoms with E-state index in [0.717, 1.165) is 47.7 Å². The van der Waals surface area contributed by atoms with Gasteiger partial charge < -0.3 is 10.3 Å². The molecule has 0 amide bonds. The minimum absolute atomic E-state index is 0.651. The number of halogens is 1. The highest BCUT2D eigenvalue weighted by atomic mass is 35.5. The number of aromatic nitrogens is 2. The molecule has 1 aromatic heterocycles. The normalized spacial score (nSPS) is 13.1. The molecule has 0 bridgehead atoms. The van der Waals surface area contributed by atoms with Gasteiger partial charge in [0.2, 0.25) is 0 Å². The van der Waals surface area contributed by atoms with Crippen LogP contribution >= 0.6 is 11.6 Å². The molecule has 0 spiro atoms. The summed E-state index contributed by atoms with van der Waals surface area (Å²) < 4.78 is 2.14. The molecule has 18 heavy (non-hydrogen) atoms. The first-order valence-electron chi connectivity index (χ1n) is 6.42. The maximum atomic E-state index is 6.01. The monoisotopic (exact) mass is 265 g/mol. The third-order valence-corrected chi connectivity index (χ3v) is 3.69. The first-order valence-corrected chi connectivity index (χ1v) is 6.80. The smallest absolute Gasteiger partial charge is 0.109 e. The van der Waals surface area contributed by atoms with Crippen LogP contribution in [0.5, 0.6) is 0 Å².